The van der Waals surface area contributed by atoms with Gasteiger partial charge in [-0.2, -0.15) is 0 Å². The first-order valence-corrected chi connectivity index (χ1v) is 4.85. The summed E-state index contributed by atoms with van der Waals surface area (Å²) < 4.78 is 5.24. The lowest BCUT2D eigenvalue weighted by molar-refractivity contribution is -0.138. The van der Waals surface area contributed by atoms with Crippen molar-refractivity contribution in [3.63, 3.8) is 0 Å². The maximum absolute atomic E-state index is 10.6. The SMILES string of the molecule is C=CCN(CC(=O)O)CC1CCOC1. The highest BCUT2D eigenvalue weighted by atomic mass is 16.5. The molecule has 1 fully saturated rings. The fourth-order valence-electron chi connectivity index (χ4n) is 1.67. The van der Waals surface area contributed by atoms with Crippen LogP contribution in [0.5, 0.6) is 0 Å². The van der Waals surface area contributed by atoms with Crippen LogP contribution in [0.25, 0.3) is 0 Å². The van der Waals surface area contributed by atoms with Crippen molar-refractivity contribution in [2.75, 3.05) is 32.8 Å². The van der Waals surface area contributed by atoms with Crippen LogP contribution in [0.15, 0.2) is 12.7 Å². The number of nitrogens with zero attached hydrogens (tertiary/aromatic N) is 1. The van der Waals surface area contributed by atoms with Gasteiger partial charge < -0.3 is 9.84 Å². The highest BCUT2D eigenvalue weighted by Crippen LogP contribution is 2.13. The first kappa shape index (κ1) is 11.2. The van der Waals surface area contributed by atoms with E-state index in [0.29, 0.717) is 12.5 Å². The Morgan fingerprint density at radius 3 is 3.00 bits per heavy atom. The smallest absolute Gasteiger partial charge is 0.317 e. The van der Waals surface area contributed by atoms with Gasteiger partial charge in [-0.3, -0.25) is 9.69 Å². The van der Waals surface area contributed by atoms with Crippen molar-refractivity contribution in [2.45, 2.75) is 6.42 Å². The number of carbonyl (C=O) groups is 1. The van der Waals surface area contributed by atoms with Crippen molar-refractivity contribution in [3.8, 4) is 0 Å². The minimum Gasteiger partial charge on any atom is -0.480 e. The Morgan fingerprint density at radius 1 is 1.71 bits per heavy atom. The number of hydrogen-bond donors (Lipinski definition) is 1. The topological polar surface area (TPSA) is 49.8 Å². The van der Waals surface area contributed by atoms with Gasteiger partial charge in [0.2, 0.25) is 0 Å². The lowest BCUT2D eigenvalue weighted by Crippen LogP contribution is -2.34. The molecular formula is C10H17NO3. The van der Waals surface area contributed by atoms with E-state index < -0.39 is 5.97 Å². The molecule has 0 aromatic rings. The number of aliphatic carboxylic acids is 1. The molecule has 0 saturated carbocycles. The van der Waals surface area contributed by atoms with Crippen LogP contribution in [0.3, 0.4) is 0 Å². The molecule has 0 bridgehead atoms. The summed E-state index contributed by atoms with van der Waals surface area (Å²) in [5.41, 5.74) is 0. The molecule has 1 rings (SSSR count). The predicted molar refractivity (Wildman–Crippen MR) is 53.2 cm³/mol. The Morgan fingerprint density at radius 2 is 2.50 bits per heavy atom. The Kier molecular flexibility index (Phi) is 4.62. The van der Waals surface area contributed by atoms with Gasteiger partial charge in [0, 0.05) is 19.7 Å². The average Bonchev–Trinajstić information content (AvgIpc) is 2.56. The predicted octanol–water partition coefficient (Wildman–Crippen LogP) is 0.595. The standard InChI is InChI=1S/C10H17NO3/c1-2-4-11(7-10(12)13)6-9-3-5-14-8-9/h2,9H,1,3-8H2,(H,12,13). The van der Waals surface area contributed by atoms with Gasteiger partial charge in [-0.15, -0.1) is 6.58 Å². The molecule has 1 aliphatic rings. The Balaban J connectivity index is 2.32. The summed E-state index contributed by atoms with van der Waals surface area (Å²) in [6.07, 6.45) is 2.77. The van der Waals surface area contributed by atoms with Gasteiger partial charge in [0.1, 0.15) is 0 Å². The fraction of sp³-hybridized carbons (Fsp3) is 0.700. The van der Waals surface area contributed by atoms with Crippen molar-refractivity contribution in [3.05, 3.63) is 12.7 Å². The third-order valence-corrected chi connectivity index (χ3v) is 2.29. The van der Waals surface area contributed by atoms with Gasteiger partial charge in [-0.05, 0) is 12.3 Å². The number of ether oxygens (including phenoxy) is 1. The molecule has 1 unspecified atom stereocenters. The monoisotopic (exact) mass is 199 g/mol. The molecule has 80 valence electrons. The molecule has 1 N–H and O–H groups in total. The molecule has 0 aliphatic carbocycles. The highest BCUT2D eigenvalue weighted by Gasteiger charge is 2.19. The van der Waals surface area contributed by atoms with Crippen LogP contribution in [0, 0.1) is 5.92 Å². The van der Waals surface area contributed by atoms with E-state index in [2.05, 4.69) is 6.58 Å². The van der Waals surface area contributed by atoms with Gasteiger partial charge in [-0.25, -0.2) is 0 Å². The number of rotatable bonds is 6. The van der Waals surface area contributed by atoms with Crippen LogP contribution in [0.4, 0.5) is 0 Å². The molecule has 0 spiro atoms. The Labute approximate surface area is 84.2 Å². The minimum atomic E-state index is -0.786. The molecule has 1 aliphatic heterocycles. The number of carboxylic acids is 1. The molecule has 0 aromatic carbocycles. The van der Waals surface area contributed by atoms with E-state index in [1.54, 1.807) is 6.08 Å². The van der Waals surface area contributed by atoms with Crippen molar-refractivity contribution in [1.29, 1.82) is 0 Å². The van der Waals surface area contributed by atoms with E-state index in [9.17, 15) is 4.79 Å². The molecule has 4 nitrogen and oxygen atoms in total. The summed E-state index contributed by atoms with van der Waals surface area (Å²) in [6, 6.07) is 0. The number of hydrogen-bond acceptors (Lipinski definition) is 3. The zero-order valence-electron chi connectivity index (χ0n) is 8.32. The van der Waals surface area contributed by atoms with Crippen LogP contribution in [0.1, 0.15) is 6.42 Å². The van der Waals surface area contributed by atoms with Crippen molar-refractivity contribution in [1.82, 2.24) is 4.90 Å². The first-order valence-electron chi connectivity index (χ1n) is 4.85. The first-order chi connectivity index (χ1) is 6.72. The zero-order chi connectivity index (χ0) is 10.4. The van der Waals surface area contributed by atoms with Gasteiger partial charge in [0.25, 0.3) is 0 Å². The van der Waals surface area contributed by atoms with Crippen LogP contribution in [-0.4, -0.2) is 48.8 Å². The van der Waals surface area contributed by atoms with Gasteiger partial charge in [0.05, 0.1) is 13.2 Å². The summed E-state index contributed by atoms with van der Waals surface area (Å²) in [5, 5.41) is 8.68. The second-order valence-electron chi connectivity index (χ2n) is 3.61. The van der Waals surface area contributed by atoms with Crippen molar-refractivity contribution in [2.24, 2.45) is 5.92 Å². The van der Waals surface area contributed by atoms with Crippen LogP contribution < -0.4 is 0 Å². The molecular weight excluding hydrogens is 182 g/mol. The highest BCUT2D eigenvalue weighted by molar-refractivity contribution is 5.69. The molecule has 0 amide bonds. The largest absolute Gasteiger partial charge is 0.480 e. The van der Waals surface area contributed by atoms with Gasteiger partial charge >= 0.3 is 5.97 Å². The Hall–Kier alpha value is -0.870. The molecule has 0 aromatic heterocycles. The summed E-state index contributed by atoms with van der Waals surface area (Å²) in [5.74, 6) is -0.305. The summed E-state index contributed by atoms with van der Waals surface area (Å²) in [4.78, 5) is 12.4. The summed E-state index contributed by atoms with van der Waals surface area (Å²) in [6.45, 7) is 6.68. The summed E-state index contributed by atoms with van der Waals surface area (Å²) in [7, 11) is 0. The fourth-order valence-corrected chi connectivity index (χ4v) is 1.67. The van der Waals surface area contributed by atoms with Crippen molar-refractivity contribution < 1.29 is 14.6 Å². The average molecular weight is 199 g/mol. The van der Waals surface area contributed by atoms with Crippen LogP contribution >= 0.6 is 0 Å². The van der Waals surface area contributed by atoms with Gasteiger partial charge in [-0.1, -0.05) is 6.08 Å². The molecule has 4 heteroatoms. The molecule has 0 radical (unpaired) electrons. The third-order valence-electron chi connectivity index (χ3n) is 2.29. The minimum absolute atomic E-state index is 0.0858. The third kappa shape index (κ3) is 3.89. The van der Waals surface area contributed by atoms with E-state index >= 15 is 0 Å². The second-order valence-corrected chi connectivity index (χ2v) is 3.61. The van der Waals surface area contributed by atoms with E-state index in [1.807, 2.05) is 4.90 Å². The van der Waals surface area contributed by atoms with Crippen LogP contribution in [-0.2, 0) is 9.53 Å². The Bertz CT molecular complexity index is 200. The van der Waals surface area contributed by atoms with Crippen molar-refractivity contribution >= 4 is 5.97 Å². The molecule has 1 heterocycles. The number of carboxylic acid groups (broad SMARTS) is 1. The zero-order valence-corrected chi connectivity index (χ0v) is 8.32. The van der Waals surface area contributed by atoms with E-state index in [1.165, 1.54) is 0 Å². The molecule has 14 heavy (non-hydrogen) atoms. The van der Waals surface area contributed by atoms with E-state index in [-0.39, 0.29) is 6.54 Å². The van der Waals surface area contributed by atoms with Crippen LogP contribution in [0.2, 0.25) is 0 Å². The second kappa shape index (κ2) is 5.78. The van der Waals surface area contributed by atoms with Gasteiger partial charge in [0.15, 0.2) is 0 Å². The molecule has 1 saturated heterocycles. The lowest BCUT2D eigenvalue weighted by Gasteiger charge is -2.21. The normalized spacial score (nSPS) is 21.4. The maximum Gasteiger partial charge on any atom is 0.317 e. The van der Waals surface area contributed by atoms with E-state index in [4.69, 9.17) is 9.84 Å². The molecule has 1 atom stereocenters. The van der Waals surface area contributed by atoms with E-state index in [0.717, 1.165) is 26.2 Å². The quantitative estimate of drug-likeness (QED) is 0.636. The lowest BCUT2D eigenvalue weighted by atomic mass is 10.1. The maximum atomic E-state index is 10.6. The summed E-state index contributed by atoms with van der Waals surface area (Å²) >= 11 is 0.